The lowest BCUT2D eigenvalue weighted by atomic mass is 9.75. The molecular formula is C18H29NO2. The fraction of sp³-hybridized carbons (Fsp3) is 0.667. The summed E-state index contributed by atoms with van der Waals surface area (Å²) >= 11 is 0. The molecule has 1 aromatic carbocycles. The van der Waals surface area contributed by atoms with Crippen LogP contribution < -0.4 is 14.8 Å². The second kappa shape index (κ2) is 6.69. The van der Waals surface area contributed by atoms with Gasteiger partial charge in [-0.3, -0.25) is 0 Å². The molecule has 0 radical (unpaired) electrons. The number of ether oxygens (including phenoxy) is 2. The normalized spacial score (nSPS) is 20.0. The van der Waals surface area contributed by atoms with Gasteiger partial charge in [-0.15, -0.1) is 0 Å². The van der Waals surface area contributed by atoms with E-state index in [9.17, 15) is 0 Å². The Morgan fingerprint density at radius 2 is 1.81 bits per heavy atom. The van der Waals surface area contributed by atoms with Gasteiger partial charge in [0.2, 0.25) is 0 Å². The first-order valence-electron chi connectivity index (χ1n) is 7.93. The van der Waals surface area contributed by atoms with E-state index in [4.69, 9.17) is 9.47 Å². The molecule has 21 heavy (non-hydrogen) atoms. The minimum absolute atomic E-state index is 0.289. The third-order valence-electron chi connectivity index (χ3n) is 4.73. The summed E-state index contributed by atoms with van der Waals surface area (Å²) in [5, 5.41) is 3.76. The van der Waals surface area contributed by atoms with Crippen molar-refractivity contribution < 1.29 is 9.47 Å². The van der Waals surface area contributed by atoms with E-state index < -0.39 is 0 Å². The van der Waals surface area contributed by atoms with Gasteiger partial charge in [0, 0.05) is 23.7 Å². The van der Waals surface area contributed by atoms with Crippen LogP contribution in [0.4, 0.5) is 0 Å². The number of benzene rings is 1. The Morgan fingerprint density at radius 1 is 1.14 bits per heavy atom. The molecule has 0 heterocycles. The van der Waals surface area contributed by atoms with Crippen molar-refractivity contribution in [3.05, 3.63) is 23.8 Å². The Kier molecular flexibility index (Phi) is 5.15. The smallest absolute Gasteiger partial charge is 0.127 e. The average Bonchev–Trinajstić information content (AvgIpc) is 2.48. The predicted molar refractivity (Wildman–Crippen MR) is 87.1 cm³/mol. The maximum atomic E-state index is 5.51. The zero-order chi connectivity index (χ0) is 15.5. The van der Waals surface area contributed by atoms with Crippen molar-refractivity contribution in [2.45, 2.75) is 58.5 Å². The van der Waals surface area contributed by atoms with Gasteiger partial charge in [0.05, 0.1) is 14.2 Å². The van der Waals surface area contributed by atoms with E-state index in [0.29, 0.717) is 11.5 Å². The fourth-order valence-electron chi connectivity index (χ4n) is 3.19. The van der Waals surface area contributed by atoms with Gasteiger partial charge in [-0.1, -0.05) is 19.9 Å². The van der Waals surface area contributed by atoms with E-state index >= 15 is 0 Å². The highest BCUT2D eigenvalue weighted by Crippen LogP contribution is 2.36. The van der Waals surface area contributed by atoms with Crippen molar-refractivity contribution in [3.63, 3.8) is 0 Å². The minimum atomic E-state index is 0.289. The lowest BCUT2D eigenvalue weighted by molar-refractivity contribution is 0.199. The fourth-order valence-corrected chi connectivity index (χ4v) is 3.19. The molecule has 1 fully saturated rings. The molecule has 1 aromatic rings. The quantitative estimate of drug-likeness (QED) is 0.876. The van der Waals surface area contributed by atoms with E-state index in [1.165, 1.54) is 31.2 Å². The summed E-state index contributed by atoms with van der Waals surface area (Å²) < 4.78 is 10.8. The molecule has 2 rings (SSSR count). The largest absolute Gasteiger partial charge is 0.497 e. The van der Waals surface area contributed by atoms with E-state index in [1.807, 2.05) is 12.1 Å². The van der Waals surface area contributed by atoms with Crippen LogP contribution in [0.5, 0.6) is 11.5 Å². The SMILES string of the molecule is COc1ccc(C(C)NC2CCC(C)(C)CC2)c(OC)c1. The maximum absolute atomic E-state index is 5.51. The molecule has 3 heteroatoms. The molecule has 0 aromatic heterocycles. The highest BCUT2D eigenvalue weighted by molar-refractivity contribution is 5.42. The first-order chi connectivity index (χ1) is 9.95. The molecule has 1 N–H and O–H groups in total. The number of methoxy groups -OCH3 is 2. The van der Waals surface area contributed by atoms with E-state index in [1.54, 1.807) is 14.2 Å². The van der Waals surface area contributed by atoms with Crippen LogP contribution in [0.15, 0.2) is 18.2 Å². The summed E-state index contributed by atoms with van der Waals surface area (Å²) in [5.74, 6) is 1.73. The Bertz CT molecular complexity index is 460. The predicted octanol–water partition coefficient (Wildman–Crippen LogP) is 4.32. The van der Waals surface area contributed by atoms with Crippen LogP contribution in [0.25, 0.3) is 0 Å². The molecule has 1 saturated carbocycles. The highest BCUT2D eigenvalue weighted by atomic mass is 16.5. The molecule has 1 aliphatic carbocycles. The van der Waals surface area contributed by atoms with Gasteiger partial charge in [0.15, 0.2) is 0 Å². The average molecular weight is 291 g/mol. The molecule has 0 spiro atoms. The zero-order valence-corrected chi connectivity index (χ0v) is 14.0. The van der Waals surface area contributed by atoms with Gasteiger partial charge in [-0.2, -0.15) is 0 Å². The van der Waals surface area contributed by atoms with Crippen LogP contribution in [0.2, 0.25) is 0 Å². The third-order valence-corrected chi connectivity index (χ3v) is 4.73. The monoisotopic (exact) mass is 291 g/mol. The van der Waals surface area contributed by atoms with E-state index in [2.05, 4.69) is 32.2 Å². The van der Waals surface area contributed by atoms with E-state index in [-0.39, 0.29) is 6.04 Å². The van der Waals surface area contributed by atoms with Gasteiger partial charge in [0.25, 0.3) is 0 Å². The molecule has 0 saturated heterocycles. The first-order valence-corrected chi connectivity index (χ1v) is 7.93. The van der Waals surface area contributed by atoms with Crippen molar-refractivity contribution in [1.29, 1.82) is 0 Å². The lowest BCUT2D eigenvalue weighted by Gasteiger charge is -2.36. The van der Waals surface area contributed by atoms with Crippen LogP contribution in [0.1, 0.15) is 58.1 Å². The number of hydrogen-bond donors (Lipinski definition) is 1. The summed E-state index contributed by atoms with van der Waals surface area (Å²) in [6.07, 6.45) is 5.12. The molecule has 1 unspecified atom stereocenters. The number of nitrogens with one attached hydrogen (secondary N) is 1. The summed E-state index contributed by atoms with van der Waals surface area (Å²) in [4.78, 5) is 0. The number of rotatable bonds is 5. The van der Waals surface area contributed by atoms with Crippen molar-refractivity contribution in [2.24, 2.45) is 5.41 Å². The molecule has 0 amide bonds. The Labute approximate surface area is 129 Å². The Balaban J connectivity index is 2.02. The lowest BCUT2D eigenvalue weighted by Crippen LogP contribution is -2.37. The van der Waals surface area contributed by atoms with Crippen LogP contribution in [0, 0.1) is 5.41 Å². The Hall–Kier alpha value is -1.22. The summed E-state index contributed by atoms with van der Waals surface area (Å²) in [6.45, 7) is 6.96. The summed E-state index contributed by atoms with van der Waals surface area (Å²) in [7, 11) is 3.40. The van der Waals surface area contributed by atoms with Crippen LogP contribution in [0.3, 0.4) is 0 Å². The first kappa shape index (κ1) is 16.2. The minimum Gasteiger partial charge on any atom is -0.497 e. The van der Waals surface area contributed by atoms with Crippen molar-refractivity contribution in [3.8, 4) is 11.5 Å². The molecule has 1 aliphatic rings. The molecular weight excluding hydrogens is 262 g/mol. The topological polar surface area (TPSA) is 30.5 Å². The second-order valence-electron chi connectivity index (χ2n) is 6.93. The Morgan fingerprint density at radius 3 is 2.38 bits per heavy atom. The molecule has 118 valence electrons. The van der Waals surface area contributed by atoms with Gasteiger partial charge in [-0.25, -0.2) is 0 Å². The van der Waals surface area contributed by atoms with Gasteiger partial charge in [0.1, 0.15) is 11.5 Å². The second-order valence-corrected chi connectivity index (χ2v) is 6.93. The van der Waals surface area contributed by atoms with Gasteiger partial charge >= 0.3 is 0 Å². The standard InChI is InChI=1S/C18H29NO2/c1-13(19-14-8-10-18(2,3)11-9-14)16-7-6-15(20-4)12-17(16)21-5/h6-7,12-14,19H,8-11H2,1-5H3. The third kappa shape index (κ3) is 4.13. The van der Waals surface area contributed by atoms with Gasteiger partial charge in [-0.05, 0) is 44.1 Å². The van der Waals surface area contributed by atoms with Gasteiger partial charge < -0.3 is 14.8 Å². The van der Waals surface area contributed by atoms with Crippen molar-refractivity contribution in [1.82, 2.24) is 5.32 Å². The molecule has 0 aliphatic heterocycles. The molecule has 3 nitrogen and oxygen atoms in total. The van der Waals surface area contributed by atoms with E-state index in [0.717, 1.165) is 11.5 Å². The zero-order valence-electron chi connectivity index (χ0n) is 14.0. The molecule has 1 atom stereocenters. The summed E-state index contributed by atoms with van der Waals surface area (Å²) in [6, 6.07) is 6.96. The number of hydrogen-bond acceptors (Lipinski definition) is 3. The van der Waals surface area contributed by atoms with Crippen LogP contribution in [-0.4, -0.2) is 20.3 Å². The highest BCUT2D eigenvalue weighted by Gasteiger charge is 2.27. The summed E-state index contributed by atoms with van der Waals surface area (Å²) in [5.41, 5.74) is 1.71. The van der Waals surface area contributed by atoms with Crippen LogP contribution >= 0.6 is 0 Å². The van der Waals surface area contributed by atoms with Crippen molar-refractivity contribution >= 4 is 0 Å². The van der Waals surface area contributed by atoms with Crippen molar-refractivity contribution in [2.75, 3.05) is 14.2 Å². The molecule has 0 bridgehead atoms. The van der Waals surface area contributed by atoms with Crippen LogP contribution in [-0.2, 0) is 0 Å². The maximum Gasteiger partial charge on any atom is 0.127 e.